The number of hydrogen-bond donors (Lipinski definition) is 3. The van der Waals surface area contributed by atoms with Crippen molar-refractivity contribution in [1.82, 2.24) is 5.32 Å². The third-order valence-electron chi connectivity index (χ3n) is 2.93. The van der Waals surface area contributed by atoms with E-state index in [4.69, 9.17) is 19.3 Å². The molecule has 2 amide bonds. The number of methoxy groups -OCH3 is 3. The Balaban J connectivity index is 2.96. The molecular formula is C14H20N2O6. The molecule has 1 rings (SSSR count). The summed E-state index contributed by atoms with van der Waals surface area (Å²) in [7, 11) is 4.47. The van der Waals surface area contributed by atoms with Gasteiger partial charge in [-0.2, -0.15) is 0 Å². The van der Waals surface area contributed by atoms with Crippen molar-refractivity contribution in [1.29, 1.82) is 0 Å². The predicted octanol–water partition coefficient (Wildman–Crippen LogP) is 1.62. The molecule has 8 heteroatoms. The fourth-order valence-corrected chi connectivity index (χ4v) is 1.96. The van der Waals surface area contributed by atoms with Crippen molar-refractivity contribution in [3.05, 3.63) is 11.6 Å². The summed E-state index contributed by atoms with van der Waals surface area (Å²) in [6.45, 7) is 1.80. The molecule has 0 radical (unpaired) electrons. The Morgan fingerprint density at radius 3 is 2.27 bits per heavy atom. The van der Waals surface area contributed by atoms with Gasteiger partial charge >= 0.3 is 12.0 Å². The van der Waals surface area contributed by atoms with E-state index in [1.807, 2.05) is 0 Å². The van der Waals surface area contributed by atoms with Crippen molar-refractivity contribution in [2.75, 3.05) is 33.2 Å². The van der Waals surface area contributed by atoms with E-state index in [0.717, 1.165) is 0 Å². The topological polar surface area (TPSA) is 106 Å². The Bertz CT molecular complexity index is 559. The molecule has 122 valence electrons. The highest BCUT2D eigenvalue weighted by molar-refractivity contribution is 5.92. The largest absolute Gasteiger partial charge is 0.494 e. The number of amides is 2. The highest BCUT2D eigenvalue weighted by atomic mass is 16.5. The minimum absolute atomic E-state index is 0.0236. The van der Waals surface area contributed by atoms with Crippen LogP contribution in [0.25, 0.3) is 0 Å². The smallest absolute Gasteiger partial charge is 0.319 e. The number of hydrogen-bond acceptors (Lipinski definition) is 5. The van der Waals surface area contributed by atoms with Crippen LogP contribution in [0.1, 0.15) is 12.0 Å². The number of urea groups is 1. The van der Waals surface area contributed by atoms with Gasteiger partial charge in [-0.3, -0.25) is 4.79 Å². The van der Waals surface area contributed by atoms with Gasteiger partial charge in [0, 0.05) is 18.2 Å². The molecule has 0 aliphatic carbocycles. The summed E-state index contributed by atoms with van der Waals surface area (Å²) in [4.78, 5) is 22.2. The second-order valence-corrected chi connectivity index (χ2v) is 4.34. The first-order valence-corrected chi connectivity index (χ1v) is 6.50. The van der Waals surface area contributed by atoms with Crippen LogP contribution in [0.15, 0.2) is 6.07 Å². The maximum atomic E-state index is 11.8. The van der Waals surface area contributed by atoms with Gasteiger partial charge in [0.15, 0.2) is 11.5 Å². The summed E-state index contributed by atoms with van der Waals surface area (Å²) in [6, 6.07) is 1.03. The molecule has 0 saturated carbocycles. The van der Waals surface area contributed by atoms with E-state index in [9.17, 15) is 9.59 Å². The van der Waals surface area contributed by atoms with E-state index in [-0.39, 0.29) is 13.0 Å². The quantitative estimate of drug-likeness (QED) is 0.706. The number of carbonyl (C=O) groups is 2. The lowest BCUT2D eigenvalue weighted by atomic mass is 10.1. The van der Waals surface area contributed by atoms with Crippen LogP contribution < -0.4 is 24.8 Å². The third-order valence-corrected chi connectivity index (χ3v) is 2.93. The summed E-state index contributed by atoms with van der Waals surface area (Å²) in [5.74, 6) is 0.406. The predicted molar refractivity (Wildman–Crippen MR) is 80.1 cm³/mol. The van der Waals surface area contributed by atoms with E-state index < -0.39 is 12.0 Å². The van der Waals surface area contributed by atoms with Crippen LogP contribution >= 0.6 is 0 Å². The number of benzene rings is 1. The van der Waals surface area contributed by atoms with Crippen LogP contribution in [0.5, 0.6) is 17.2 Å². The molecule has 0 saturated heterocycles. The molecule has 8 nitrogen and oxygen atoms in total. The molecule has 0 unspecified atom stereocenters. The number of rotatable bonds is 7. The molecule has 0 spiro atoms. The summed E-state index contributed by atoms with van der Waals surface area (Å²) in [6.07, 6.45) is -0.157. The van der Waals surface area contributed by atoms with Crippen LogP contribution in [0.3, 0.4) is 0 Å². The lowest BCUT2D eigenvalue weighted by Crippen LogP contribution is -2.30. The highest BCUT2D eigenvalue weighted by Gasteiger charge is 2.18. The van der Waals surface area contributed by atoms with Crippen LogP contribution in [-0.4, -0.2) is 45.0 Å². The summed E-state index contributed by atoms with van der Waals surface area (Å²) >= 11 is 0. The van der Waals surface area contributed by atoms with Crippen LogP contribution in [0, 0.1) is 6.92 Å². The molecule has 0 heterocycles. The third kappa shape index (κ3) is 4.18. The maximum Gasteiger partial charge on any atom is 0.319 e. The highest BCUT2D eigenvalue weighted by Crippen LogP contribution is 2.42. The molecule has 0 aliphatic rings. The number of ether oxygens (including phenoxy) is 3. The fourth-order valence-electron chi connectivity index (χ4n) is 1.96. The van der Waals surface area contributed by atoms with E-state index in [0.29, 0.717) is 28.5 Å². The molecule has 0 atom stereocenters. The molecule has 22 heavy (non-hydrogen) atoms. The van der Waals surface area contributed by atoms with E-state index >= 15 is 0 Å². The van der Waals surface area contributed by atoms with Crippen molar-refractivity contribution in [2.45, 2.75) is 13.3 Å². The number of anilines is 1. The average molecular weight is 312 g/mol. The fraction of sp³-hybridized carbons (Fsp3) is 0.429. The Hall–Kier alpha value is -2.64. The first kappa shape index (κ1) is 17.4. The van der Waals surface area contributed by atoms with Gasteiger partial charge < -0.3 is 30.0 Å². The van der Waals surface area contributed by atoms with Gasteiger partial charge in [-0.1, -0.05) is 0 Å². The number of carboxylic acids is 1. The average Bonchev–Trinajstić information content (AvgIpc) is 2.46. The van der Waals surface area contributed by atoms with E-state index in [1.165, 1.54) is 21.3 Å². The lowest BCUT2D eigenvalue weighted by Gasteiger charge is -2.18. The molecule has 0 fully saturated rings. The Labute approximate surface area is 128 Å². The Morgan fingerprint density at radius 1 is 1.14 bits per heavy atom. The first-order chi connectivity index (χ1) is 10.4. The second-order valence-electron chi connectivity index (χ2n) is 4.34. The number of nitrogens with one attached hydrogen (secondary N) is 2. The van der Waals surface area contributed by atoms with Crippen molar-refractivity contribution >= 4 is 17.7 Å². The summed E-state index contributed by atoms with van der Waals surface area (Å²) < 4.78 is 15.8. The zero-order valence-corrected chi connectivity index (χ0v) is 13.0. The molecule has 0 aromatic heterocycles. The van der Waals surface area contributed by atoms with Gasteiger partial charge in [-0.25, -0.2) is 4.79 Å². The Morgan fingerprint density at radius 2 is 1.77 bits per heavy atom. The molecule has 0 aliphatic heterocycles. The second kappa shape index (κ2) is 7.96. The van der Waals surface area contributed by atoms with Crippen LogP contribution in [-0.2, 0) is 4.79 Å². The van der Waals surface area contributed by atoms with Crippen molar-refractivity contribution in [3.8, 4) is 17.2 Å². The lowest BCUT2D eigenvalue weighted by molar-refractivity contribution is -0.136. The maximum absolute atomic E-state index is 11.8. The molecule has 3 N–H and O–H groups in total. The van der Waals surface area contributed by atoms with Gasteiger partial charge in [0.2, 0.25) is 0 Å². The number of aliphatic carboxylic acids is 1. The van der Waals surface area contributed by atoms with Crippen molar-refractivity contribution in [3.63, 3.8) is 0 Å². The minimum Gasteiger partial charge on any atom is -0.494 e. The standard InChI is InChI=1S/C14H20N2O6/c1-8-12(21-3)9(7-10(20-2)13(8)22-4)16-14(19)15-6-5-11(17)18/h7H,5-6H2,1-4H3,(H,17,18)(H2,15,16,19). The normalized spacial score (nSPS) is 9.82. The van der Waals surface area contributed by atoms with E-state index in [1.54, 1.807) is 13.0 Å². The monoisotopic (exact) mass is 312 g/mol. The van der Waals surface area contributed by atoms with Gasteiger partial charge in [0.25, 0.3) is 0 Å². The van der Waals surface area contributed by atoms with Crippen molar-refractivity contribution < 1.29 is 28.9 Å². The summed E-state index contributed by atoms with van der Waals surface area (Å²) in [5.41, 5.74) is 1.07. The van der Waals surface area contributed by atoms with Crippen LogP contribution in [0.2, 0.25) is 0 Å². The van der Waals surface area contributed by atoms with Crippen LogP contribution in [0.4, 0.5) is 10.5 Å². The minimum atomic E-state index is -0.986. The molecular weight excluding hydrogens is 292 g/mol. The Kier molecular flexibility index (Phi) is 6.30. The molecule has 1 aromatic carbocycles. The molecule has 0 bridgehead atoms. The van der Waals surface area contributed by atoms with E-state index in [2.05, 4.69) is 10.6 Å². The van der Waals surface area contributed by atoms with Crippen molar-refractivity contribution in [2.24, 2.45) is 0 Å². The first-order valence-electron chi connectivity index (χ1n) is 6.50. The number of carbonyl (C=O) groups excluding carboxylic acids is 1. The summed E-state index contributed by atoms with van der Waals surface area (Å²) in [5, 5.41) is 13.6. The van der Waals surface area contributed by atoms with Gasteiger partial charge in [0.05, 0.1) is 33.4 Å². The van der Waals surface area contributed by atoms with Gasteiger partial charge in [-0.05, 0) is 6.92 Å². The number of carboxylic acid groups (broad SMARTS) is 1. The van der Waals surface area contributed by atoms with Gasteiger partial charge in [-0.15, -0.1) is 0 Å². The zero-order chi connectivity index (χ0) is 16.7. The SMILES string of the molecule is COc1cc(NC(=O)NCCC(=O)O)c(OC)c(C)c1OC. The van der Waals surface area contributed by atoms with Gasteiger partial charge in [0.1, 0.15) is 5.75 Å². The zero-order valence-electron chi connectivity index (χ0n) is 13.0. The molecule has 1 aromatic rings.